The lowest BCUT2D eigenvalue weighted by Gasteiger charge is -2.17. The lowest BCUT2D eigenvalue weighted by atomic mass is 9.99. The molecule has 0 spiro atoms. The summed E-state index contributed by atoms with van der Waals surface area (Å²) in [5.74, 6) is -0.111. The van der Waals surface area contributed by atoms with Crippen molar-refractivity contribution in [3.63, 3.8) is 0 Å². The van der Waals surface area contributed by atoms with Gasteiger partial charge in [0.15, 0.2) is 5.54 Å². The Labute approximate surface area is 69.7 Å². The second kappa shape index (κ2) is 4.35. The number of hydrogen-bond donors (Lipinski definition) is 2. The minimum Gasteiger partial charge on any atom is -0.368 e. The van der Waals surface area contributed by atoms with E-state index < -0.39 is 11.4 Å². The van der Waals surface area contributed by atoms with Crippen LogP contribution in [0.2, 0.25) is 0 Å². The van der Waals surface area contributed by atoms with Crippen molar-refractivity contribution in [3.05, 3.63) is 0 Å². The molecular weight excluding hydrogens is 164 g/mol. The molecule has 0 heterocycles. The number of primary amides is 1. The standard InChI is InChI=1S/C6H12N2O2S/c1-11-3-2-6(8,4-9)5(7)10/h4H,2-3,8H2,1H3,(H2,7,10)/t6-/m0/s1. The van der Waals surface area contributed by atoms with Gasteiger partial charge >= 0.3 is 0 Å². The Balaban J connectivity index is 4.10. The van der Waals surface area contributed by atoms with Crippen LogP contribution in [0, 0.1) is 0 Å². The number of rotatable bonds is 5. The summed E-state index contributed by atoms with van der Waals surface area (Å²) in [6.45, 7) is 0. The summed E-state index contributed by atoms with van der Waals surface area (Å²) < 4.78 is 0. The van der Waals surface area contributed by atoms with Gasteiger partial charge in [-0.3, -0.25) is 4.79 Å². The van der Waals surface area contributed by atoms with E-state index in [-0.39, 0.29) is 0 Å². The summed E-state index contributed by atoms with van der Waals surface area (Å²) in [5, 5.41) is 0. The lowest BCUT2D eigenvalue weighted by molar-refractivity contribution is -0.128. The fraction of sp³-hybridized carbons (Fsp3) is 0.667. The Bertz CT molecular complexity index is 163. The highest BCUT2D eigenvalue weighted by atomic mass is 32.2. The molecule has 0 rings (SSSR count). The van der Waals surface area contributed by atoms with Gasteiger partial charge in [-0.25, -0.2) is 0 Å². The van der Waals surface area contributed by atoms with Crippen molar-refractivity contribution in [3.8, 4) is 0 Å². The van der Waals surface area contributed by atoms with Crippen LogP contribution in [-0.2, 0) is 9.59 Å². The number of thioether (sulfide) groups is 1. The molecule has 4 nitrogen and oxygen atoms in total. The van der Waals surface area contributed by atoms with E-state index in [2.05, 4.69) is 0 Å². The third-order valence-electron chi connectivity index (χ3n) is 1.39. The summed E-state index contributed by atoms with van der Waals surface area (Å²) in [6, 6.07) is 0. The Morgan fingerprint density at radius 1 is 1.73 bits per heavy atom. The molecule has 64 valence electrons. The molecular formula is C6H12N2O2S. The fourth-order valence-corrected chi connectivity index (χ4v) is 1.05. The summed E-state index contributed by atoms with van der Waals surface area (Å²) in [7, 11) is 0. The van der Waals surface area contributed by atoms with Gasteiger partial charge in [0.1, 0.15) is 6.29 Å². The van der Waals surface area contributed by atoms with Crippen LogP contribution in [0.25, 0.3) is 0 Å². The minimum atomic E-state index is -1.47. The van der Waals surface area contributed by atoms with Gasteiger partial charge in [-0.05, 0) is 18.4 Å². The van der Waals surface area contributed by atoms with Gasteiger partial charge < -0.3 is 16.3 Å². The average molecular weight is 176 g/mol. The first-order chi connectivity index (χ1) is 5.06. The van der Waals surface area contributed by atoms with Crippen LogP contribution in [0.5, 0.6) is 0 Å². The number of carbonyl (C=O) groups excluding carboxylic acids is 2. The highest BCUT2D eigenvalue weighted by molar-refractivity contribution is 7.98. The lowest BCUT2D eigenvalue weighted by Crippen LogP contribution is -2.53. The Hall–Kier alpha value is -0.550. The Morgan fingerprint density at radius 3 is 2.55 bits per heavy atom. The maximum Gasteiger partial charge on any atom is 0.244 e. The van der Waals surface area contributed by atoms with E-state index in [1.807, 2.05) is 6.26 Å². The van der Waals surface area contributed by atoms with Crippen LogP contribution in [0.15, 0.2) is 0 Å². The molecule has 0 aliphatic heterocycles. The number of nitrogens with two attached hydrogens (primary N) is 2. The number of hydrogen-bond acceptors (Lipinski definition) is 4. The molecule has 0 aromatic rings. The summed E-state index contributed by atoms with van der Waals surface area (Å²) >= 11 is 1.51. The first-order valence-corrected chi connectivity index (χ1v) is 4.50. The smallest absolute Gasteiger partial charge is 0.244 e. The highest BCUT2D eigenvalue weighted by Gasteiger charge is 2.30. The van der Waals surface area contributed by atoms with Gasteiger partial charge in [0, 0.05) is 0 Å². The maximum absolute atomic E-state index is 10.6. The highest BCUT2D eigenvalue weighted by Crippen LogP contribution is 2.06. The molecule has 0 unspecified atom stereocenters. The average Bonchev–Trinajstić information content (AvgIpc) is 2.00. The first kappa shape index (κ1) is 10.4. The molecule has 0 aromatic heterocycles. The van der Waals surface area contributed by atoms with Crippen LogP contribution in [-0.4, -0.2) is 29.7 Å². The number of amides is 1. The van der Waals surface area contributed by atoms with Crippen LogP contribution in [0.4, 0.5) is 0 Å². The topological polar surface area (TPSA) is 86.2 Å². The van der Waals surface area contributed by atoms with Crippen molar-refractivity contribution in [2.75, 3.05) is 12.0 Å². The number of aldehydes is 1. The van der Waals surface area contributed by atoms with Crippen molar-refractivity contribution in [2.24, 2.45) is 11.5 Å². The van der Waals surface area contributed by atoms with E-state index in [9.17, 15) is 9.59 Å². The van der Waals surface area contributed by atoms with Gasteiger partial charge in [-0.15, -0.1) is 0 Å². The van der Waals surface area contributed by atoms with E-state index in [1.54, 1.807) is 0 Å². The maximum atomic E-state index is 10.6. The van der Waals surface area contributed by atoms with E-state index in [1.165, 1.54) is 11.8 Å². The SMILES string of the molecule is CSCC[C@](N)(C=O)C(N)=O. The van der Waals surface area contributed by atoms with Gasteiger partial charge in [0.25, 0.3) is 0 Å². The molecule has 5 heteroatoms. The zero-order valence-corrected chi connectivity index (χ0v) is 7.19. The molecule has 0 aliphatic carbocycles. The van der Waals surface area contributed by atoms with E-state index >= 15 is 0 Å². The van der Waals surface area contributed by atoms with E-state index in [0.717, 1.165) is 0 Å². The molecule has 1 atom stereocenters. The second-order valence-electron chi connectivity index (χ2n) is 2.27. The molecule has 0 bridgehead atoms. The predicted octanol–water partition coefficient (Wildman–Crippen LogP) is -0.879. The molecule has 0 aromatic carbocycles. The second-order valence-corrected chi connectivity index (χ2v) is 3.25. The minimum absolute atomic E-state index is 0.299. The van der Waals surface area contributed by atoms with Crippen molar-refractivity contribution in [1.82, 2.24) is 0 Å². The van der Waals surface area contributed by atoms with Gasteiger partial charge in [-0.1, -0.05) is 0 Å². The molecule has 11 heavy (non-hydrogen) atoms. The predicted molar refractivity (Wildman–Crippen MR) is 45.2 cm³/mol. The van der Waals surface area contributed by atoms with Crippen LogP contribution < -0.4 is 11.5 Å². The molecule has 0 saturated heterocycles. The summed E-state index contributed by atoms with van der Waals surface area (Å²) in [4.78, 5) is 21.0. The molecule has 0 fully saturated rings. The summed E-state index contributed by atoms with van der Waals surface area (Å²) in [6.07, 6.45) is 2.57. The molecule has 0 saturated carbocycles. The molecule has 1 amide bonds. The third kappa shape index (κ3) is 2.90. The van der Waals surface area contributed by atoms with Crippen LogP contribution in [0.1, 0.15) is 6.42 Å². The Kier molecular flexibility index (Phi) is 4.14. The largest absolute Gasteiger partial charge is 0.368 e. The molecule has 0 radical (unpaired) electrons. The van der Waals surface area contributed by atoms with Crippen molar-refractivity contribution < 1.29 is 9.59 Å². The van der Waals surface area contributed by atoms with Crippen molar-refractivity contribution in [2.45, 2.75) is 12.0 Å². The molecule has 0 aliphatic rings. The van der Waals surface area contributed by atoms with Crippen molar-refractivity contribution >= 4 is 24.0 Å². The van der Waals surface area contributed by atoms with Crippen LogP contribution >= 0.6 is 11.8 Å². The monoisotopic (exact) mass is 176 g/mol. The van der Waals surface area contributed by atoms with E-state index in [4.69, 9.17) is 11.5 Å². The van der Waals surface area contributed by atoms with Gasteiger partial charge in [-0.2, -0.15) is 11.8 Å². The third-order valence-corrected chi connectivity index (χ3v) is 2.00. The summed E-state index contributed by atoms with van der Waals surface area (Å²) in [5.41, 5.74) is 8.82. The van der Waals surface area contributed by atoms with E-state index in [0.29, 0.717) is 18.5 Å². The van der Waals surface area contributed by atoms with Crippen molar-refractivity contribution in [1.29, 1.82) is 0 Å². The van der Waals surface area contributed by atoms with Gasteiger partial charge in [0.05, 0.1) is 0 Å². The number of carbonyl (C=O) groups is 2. The Morgan fingerprint density at radius 2 is 2.27 bits per heavy atom. The van der Waals surface area contributed by atoms with Crippen LogP contribution in [0.3, 0.4) is 0 Å². The zero-order valence-electron chi connectivity index (χ0n) is 6.37. The fourth-order valence-electron chi connectivity index (χ4n) is 0.511. The quantitative estimate of drug-likeness (QED) is 0.421. The zero-order chi connectivity index (χ0) is 8.91. The molecule has 4 N–H and O–H groups in total. The first-order valence-electron chi connectivity index (χ1n) is 3.11. The normalized spacial score (nSPS) is 15.5. The van der Waals surface area contributed by atoms with Gasteiger partial charge in [0.2, 0.25) is 5.91 Å².